The maximum Gasteiger partial charge on any atom is 0.258 e. The van der Waals surface area contributed by atoms with Crippen LogP contribution in [-0.2, 0) is 5.75 Å². The van der Waals surface area contributed by atoms with Crippen molar-refractivity contribution >= 4 is 17.4 Å². The SMILES string of the molecule is O=c1cc(CSc2nnnn2C2CCCCC2)nc2ccccn12. The molecule has 0 aromatic carbocycles. The monoisotopic (exact) mass is 342 g/mol. The summed E-state index contributed by atoms with van der Waals surface area (Å²) in [6.45, 7) is 0. The standard InChI is InChI=1S/C16H18N6OS/c23-15-10-12(17-14-8-4-5-9-21(14)15)11-24-16-18-19-20-22(16)13-6-2-1-3-7-13/h4-5,8-10,13H,1-3,6-7,11H2. The fraction of sp³-hybridized carbons (Fsp3) is 0.438. The van der Waals surface area contributed by atoms with Gasteiger partial charge in [0, 0.05) is 18.0 Å². The number of tetrazole rings is 1. The Kier molecular flexibility index (Phi) is 4.29. The fourth-order valence-electron chi connectivity index (χ4n) is 3.15. The first-order valence-electron chi connectivity index (χ1n) is 8.19. The van der Waals surface area contributed by atoms with Crippen LogP contribution in [0.2, 0.25) is 0 Å². The molecule has 24 heavy (non-hydrogen) atoms. The minimum atomic E-state index is -0.0666. The molecule has 1 saturated carbocycles. The van der Waals surface area contributed by atoms with Crippen LogP contribution in [0.3, 0.4) is 0 Å². The van der Waals surface area contributed by atoms with Gasteiger partial charge in [-0.1, -0.05) is 37.1 Å². The van der Waals surface area contributed by atoms with Crippen LogP contribution < -0.4 is 5.56 Å². The summed E-state index contributed by atoms with van der Waals surface area (Å²) in [4.78, 5) is 16.7. The summed E-state index contributed by atoms with van der Waals surface area (Å²) in [6.07, 6.45) is 7.76. The summed E-state index contributed by atoms with van der Waals surface area (Å²) in [7, 11) is 0. The van der Waals surface area contributed by atoms with Crippen molar-refractivity contribution in [2.24, 2.45) is 0 Å². The Morgan fingerprint density at radius 1 is 1.21 bits per heavy atom. The first-order chi connectivity index (χ1) is 11.8. The third kappa shape index (κ3) is 3.06. The van der Waals surface area contributed by atoms with E-state index < -0.39 is 0 Å². The molecule has 3 heterocycles. The topological polar surface area (TPSA) is 78.0 Å². The molecule has 8 heteroatoms. The van der Waals surface area contributed by atoms with Gasteiger partial charge in [-0.2, -0.15) is 0 Å². The second-order valence-electron chi connectivity index (χ2n) is 6.00. The molecule has 0 spiro atoms. The summed E-state index contributed by atoms with van der Waals surface area (Å²) < 4.78 is 3.48. The molecule has 124 valence electrons. The number of fused-ring (bicyclic) bond motifs is 1. The van der Waals surface area contributed by atoms with Gasteiger partial charge in [0.1, 0.15) is 5.65 Å². The van der Waals surface area contributed by atoms with Gasteiger partial charge in [0.15, 0.2) is 0 Å². The minimum Gasteiger partial charge on any atom is -0.269 e. The van der Waals surface area contributed by atoms with Gasteiger partial charge >= 0.3 is 0 Å². The van der Waals surface area contributed by atoms with Crippen LogP contribution in [0.15, 0.2) is 40.4 Å². The molecule has 0 radical (unpaired) electrons. The molecule has 3 aromatic heterocycles. The summed E-state index contributed by atoms with van der Waals surface area (Å²) in [5.41, 5.74) is 1.34. The molecule has 0 unspecified atom stereocenters. The van der Waals surface area contributed by atoms with E-state index in [1.807, 2.05) is 22.9 Å². The minimum absolute atomic E-state index is 0.0666. The van der Waals surface area contributed by atoms with E-state index in [1.165, 1.54) is 31.0 Å². The molecular formula is C16H18N6OS. The van der Waals surface area contributed by atoms with Crippen molar-refractivity contribution in [2.75, 3.05) is 0 Å². The highest BCUT2D eigenvalue weighted by Gasteiger charge is 2.20. The second-order valence-corrected chi connectivity index (χ2v) is 6.94. The number of hydrogen-bond acceptors (Lipinski definition) is 6. The molecule has 0 saturated heterocycles. The molecule has 0 N–H and O–H groups in total. The van der Waals surface area contributed by atoms with E-state index in [9.17, 15) is 4.79 Å². The zero-order chi connectivity index (χ0) is 16.4. The second kappa shape index (κ2) is 6.72. The van der Waals surface area contributed by atoms with Gasteiger partial charge in [0.2, 0.25) is 5.16 Å². The highest BCUT2D eigenvalue weighted by atomic mass is 32.2. The maximum absolute atomic E-state index is 12.1. The van der Waals surface area contributed by atoms with Crippen molar-refractivity contribution in [2.45, 2.75) is 49.1 Å². The molecule has 0 aliphatic heterocycles. The number of hydrogen-bond donors (Lipinski definition) is 0. The largest absolute Gasteiger partial charge is 0.269 e. The Morgan fingerprint density at radius 3 is 2.96 bits per heavy atom. The molecule has 0 atom stereocenters. The van der Waals surface area contributed by atoms with Gasteiger partial charge in [-0.3, -0.25) is 9.20 Å². The molecule has 0 bridgehead atoms. The van der Waals surface area contributed by atoms with Crippen molar-refractivity contribution in [3.63, 3.8) is 0 Å². The van der Waals surface area contributed by atoms with Crippen molar-refractivity contribution in [3.05, 3.63) is 46.5 Å². The van der Waals surface area contributed by atoms with E-state index in [0.717, 1.165) is 23.7 Å². The lowest BCUT2D eigenvalue weighted by molar-refractivity contribution is 0.307. The Labute approximate surface area is 143 Å². The van der Waals surface area contributed by atoms with Crippen molar-refractivity contribution in [1.82, 2.24) is 29.6 Å². The lowest BCUT2D eigenvalue weighted by atomic mass is 9.96. The third-order valence-electron chi connectivity index (χ3n) is 4.36. The summed E-state index contributed by atoms with van der Waals surface area (Å²) >= 11 is 1.53. The van der Waals surface area contributed by atoms with Crippen molar-refractivity contribution in [1.29, 1.82) is 0 Å². The summed E-state index contributed by atoms with van der Waals surface area (Å²) in [5, 5.41) is 12.9. The van der Waals surface area contributed by atoms with Crippen LogP contribution in [0.5, 0.6) is 0 Å². The zero-order valence-electron chi connectivity index (χ0n) is 13.2. The number of thioether (sulfide) groups is 1. The molecule has 1 fully saturated rings. The highest BCUT2D eigenvalue weighted by Crippen LogP contribution is 2.30. The number of pyridine rings is 1. The summed E-state index contributed by atoms with van der Waals surface area (Å²) in [6, 6.07) is 7.51. The van der Waals surface area contributed by atoms with E-state index in [2.05, 4.69) is 20.5 Å². The number of aromatic nitrogens is 6. The van der Waals surface area contributed by atoms with Crippen LogP contribution in [0, 0.1) is 0 Å². The quantitative estimate of drug-likeness (QED) is 0.678. The van der Waals surface area contributed by atoms with Gasteiger partial charge in [0.25, 0.3) is 5.56 Å². The predicted octanol–water partition coefficient (Wildman–Crippen LogP) is 2.48. The van der Waals surface area contributed by atoms with E-state index in [0.29, 0.717) is 17.4 Å². The van der Waals surface area contributed by atoms with Crippen molar-refractivity contribution in [3.8, 4) is 0 Å². The zero-order valence-corrected chi connectivity index (χ0v) is 14.0. The van der Waals surface area contributed by atoms with E-state index >= 15 is 0 Å². The highest BCUT2D eigenvalue weighted by molar-refractivity contribution is 7.98. The predicted molar refractivity (Wildman–Crippen MR) is 91.0 cm³/mol. The van der Waals surface area contributed by atoms with E-state index in [1.54, 1.807) is 16.7 Å². The van der Waals surface area contributed by atoms with Gasteiger partial charge in [-0.25, -0.2) is 9.67 Å². The van der Waals surface area contributed by atoms with E-state index in [4.69, 9.17) is 0 Å². The summed E-state index contributed by atoms with van der Waals surface area (Å²) in [5.74, 6) is 0.577. The molecule has 1 aliphatic rings. The van der Waals surface area contributed by atoms with Crippen LogP contribution in [-0.4, -0.2) is 29.6 Å². The number of nitrogens with zero attached hydrogens (tertiary/aromatic N) is 6. The van der Waals surface area contributed by atoms with Gasteiger partial charge in [-0.15, -0.1) is 5.10 Å². The van der Waals surface area contributed by atoms with Crippen LogP contribution >= 0.6 is 11.8 Å². The van der Waals surface area contributed by atoms with Gasteiger partial charge in [-0.05, 0) is 35.4 Å². The average molecular weight is 342 g/mol. The maximum atomic E-state index is 12.1. The normalized spacial score (nSPS) is 15.8. The average Bonchev–Trinajstić information content (AvgIpc) is 3.09. The van der Waals surface area contributed by atoms with E-state index in [-0.39, 0.29) is 5.56 Å². The number of rotatable bonds is 4. The van der Waals surface area contributed by atoms with Crippen LogP contribution in [0.4, 0.5) is 0 Å². The third-order valence-corrected chi connectivity index (χ3v) is 5.32. The first kappa shape index (κ1) is 15.3. The smallest absolute Gasteiger partial charge is 0.258 e. The van der Waals surface area contributed by atoms with Crippen LogP contribution in [0.1, 0.15) is 43.8 Å². The molecule has 4 rings (SSSR count). The molecular weight excluding hydrogens is 324 g/mol. The van der Waals surface area contributed by atoms with Crippen LogP contribution in [0.25, 0.3) is 5.65 Å². The van der Waals surface area contributed by atoms with Gasteiger partial charge in [0.05, 0.1) is 11.7 Å². The molecule has 0 amide bonds. The van der Waals surface area contributed by atoms with Gasteiger partial charge < -0.3 is 0 Å². The Balaban J connectivity index is 1.53. The Morgan fingerprint density at radius 2 is 2.08 bits per heavy atom. The first-order valence-corrected chi connectivity index (χ1v) is 9.18. The molecule has 7 nitrogen and oxygen atoms in total. The fourth-order valence-corrected chi connectivity index (χ4v) is 3.99. The van der Waals surface area contributed by atoms with Crippen molar-refractivity contribution < 1.29 is 0 Å². The Bertz CT molecular complexity index is 899. The lowest BCUT2D eigenvalue weighted by Crippen LogP contribution is -2.16. The lowest BCUT2D eigenvalue weighted by Gasteiger charge is -2.21. The molecule has 1 aliphatic carbocycles. The molecule has 3 aromatic rings. The Hall–Kier alpha value is -2.22.